The van der Waals surface area contributed by atoms with E-state index in [2.05, 4.69) is 16.0 Å². The molecule has 18 heavy (non-hydrogen) atoms. The van der Waals surface area contributed by atoms with Gasteiger partial charge >= 0.3 is 0 Å². The fourth-order valence-electron chi connectivity index (χ4n) is 2.45. The molecule has 3 nitrogen and oxygen atoms in total. The van der Waals surface area contributed by atoms with Gasteiger partial charge in [-0.1, -0.05) is 6.07 Å². The van der Waals surface area contributed by atoms with Gasteiger partial charge in [-0.2, -0.15) is 0 Å². The van der Waals surface area contributed by atoms with Crippen molar-refractivity contribution >= 4 is 11.4 Å². The minimum absolute atomic E-state index is 0.292. The highest BCUT2D eigenvalue weighted by Gasteiger charge is 2.20. The molecule has 0 spiro atoms. The highest BCUT2D eigenvalue weighted by atomic mass is 19.1. The van der Waals surface area contributed by atoms with Gasteiger partial charge in [0.2, 0.25) is 0 Å². The number of halogens is 1. The largest absolute Gasteiger partial charge is 0.398 e. The Morgan fingerprint density at radius 2 is 2.22 bits per heavy atom. The molecule has 0 saturated carbocycles. The standard InChI is InChI=1S/C14H14FN3/c15-11-6-10(7-17-8-11)9-18-5-4-12-13(16)2-1-3-14(12)18/h1-3,6-8H,4-5,9,16H2. The Balaban J connectivity index is 1.87. The summed E-state index contributed by atoms with van der Waals surface area (Å²) < 4.78 is 13.1. The van der Waals surface area contributed by atoms with E-state index in [4.69, 9.17) is 5.73 Å². The Morgan fingerprint density at radius 1 is 1.33 bits per heavy atom. The topological polar surface area (TPSA) is 42.1 Å². The number of nitrogens with two attached hydrogens (primary N) is 1. The van der Waals surface area contributed by atoms with Crippen molar-refractivity contribution in [3.63, 3.8) is 0 Å². The highest BCUT2D eigenvalue weighted by molar-refractivity contribution is 5.68. The van der Waals surface area contributed by atoms with Crippen molar-refractivity contribution < 1.29 is 4.39 Å². The number of benzene rings is 1. The molecule has 1 aliphatic rings. The Bertz CT molecular complexity index is 583. The lowest BCUT2D eigenvalue weighted by atomic mass is 10.1. The number of anilines is 2. The lowest BCUT2D eigenvalue weighted by Crippen LogP contribution is -2.19. The molecule has 0 bridgehead atoms. The zero-order chi connectivity index (χ0) is 12.5. The molecule has 0 radical (unpaired) electrons. The third kappa shape index (κ3) is 1.90. The van der Waals surface area contributed by atoms with Gasteiger partial charge in [0.1, 0.15) is 5.82 Å². The second kappa shape index (κ2) is 4.29. The van der Waals surface area contributed by atoms with Crippen LogP contribution in [0.5, 0.6) is 0 Å². The third-order valence-corrected chi connectivity index (χ3v) is 3.29. The van der Waals surface area contributed by atoms with Crippen LogP contribution in [0.4, 0.5) is 15.8 Å². The first kappa shape index (κ1) is 11.0. The molecule has 0 amide bonds. The highest BCUT2D eigenvalue weighted by Crippen LogP contribution is 2.32. The molecule has 0 atom stereocenters. The number of fused-ring (bicyclic) bond motifs is 1. The van der Waals surface area contributed by atoms with E-state index in [1.807, 2.05) is 12.1 Å². The summed E-state index contributed by atoms with van der Waals surface area (Å²) in [5.41, 5.74) is 10.0. The zero-order valence-electron chi connectivity index (χ0n) is 9.94. The van der Waals surface area contributed by atoms with E-state index >= 15 is 0 Å². The van der Waals surface area contributed by atoms with E-state index in [1.54, 1.807) is 6.20 Å². The fourth-order valence-corrected chi connectivity index (χ4v) is 2.45. The number of pyridine rings is 1. The molecular weight excluding hydrogens is 229 g/mol. The van der Waals surface area contributed by atoms with Crippen LogP contribution >= 0.6 is 0 Å². The van der Waals surface area contributed by atoms with Crippen molar-refractivity contribution in [1.29, 1.82) is 0 Å². The molecule has 1 aromatic carbocycles. The van der Waals surface area contributed by atoms with Crippen molar-refractivity contribution in [2.75, 3.05) is 17.2 Å². The molecule has 0 unspecified atom stereocenters. The van der Waals surface area contributed by atoms with E-state index < -0.39 is 0 Å². The molecular formula is C14H14FN3. The summed E-state index contributed by atoms with van der Waals surface area (Å²) in [6.45, 7) is 1.58. The summed E-state index contributed by atoms with van der Waals surface area (Å²) in [6.07, 6.45) is 3.87. The summed E-state index contributed by atoms with van der Waals surface area (Å²) in [4.78, 5) is 6.08. The quantitative estimate of drug-likeness (QED) is 0.823. The second-order valence-electron chi connectivity index (χ2n) is 4.53. The van der Waals surface area contributed by atoms with Gasteiger partial charge in [-0.25, -0.2) is 4.39 Å². The number of nitrogens with zero attached hydrogens (tertiary/aromatic N) is 2. The Hall–Kier alpha value is -2.10. The van der Waals surface area contributed by atoms with Crippen LogP contribution in [0.3, 0.4) is 0 Å². The molecule has 2 N–H and O–H groups in total. The predicted octanol–water partition coefficient (Wildman–Crippen LogP) is 2.37. The number of hydrogen-bond acceptors (Lipinski definition) is 3. The SMILES string of the molecule is Nc1cccc2c1CCN2Cc1cncc(F)c1. The second-order valence-corrected chi connectivity index (χ2v) is 4.53. The number of nitrogen functional groups attached to an aromatic ring is 1. The molecule has 4 heteroatoms. The molecule has 3 rings (SSSR count). The van der Waals surface area contributed by atoms with Crippen LogP contribution in [-0.4, -0.2) is 11.5 Å². The van der Waals surface area contributed by atoms with Crippen LogP contribution < -0.4 is 10.6 Å². The number of hydrogen-bond donors (Lipinski definition) is 1. The van der Waals surface area contributed by atoms with E-state index in [0.717, 1.165) is 29.9 Å². The third-order valence-electron chi connectivity index (χ3n) is 3.29. The van der Waals surface area contributed by atoms with Gasteiger partial charge in [-0.15, -0.1) is 0 Å². The Morgan fingerprint density at radius 3 is 3.06 bits per heavy atom. The summed E-state index contributed by atoms with van der Waals surface area (Å²) >= 11 is 0. The van der Waals surface area contributed by atoms with Crippen LogP contribution in [0.1, 0.15) is 11.1 Å². The van der Waals surface area contributed by atoms with Crippen LogP contribution in [0, 0.1) is 5.82 Å². The van der Waals surface area contributed by atoms with Crippen molar-refractivity contribution in [3.05, 3.63) is 53.6 Å². The van der Waals surface area contributed by atoms with Gasteiger partial charge < -0.3 is 10.6 Å². The average Bonchev–Trinajstić information content (AvgIpc) is 2.74. The van der Waals surface area contributed by atoms with Gasteiger partial charge in [-0.3, -0.25) is 4.98 Å². The van der Waals surface area contributed by atoms with Crippen LogP contribution in [0.25, 0.3) is 0 Å². The normalized spacial score (nSPS) is 13.7. The van der Waals surface area contributed by atoms with E-state index in [9.17, 15) is 4.39 Å². The minimum Gasteiger partial charge on any atom is -0.398 e. The van der Waals surface area contributed by atoms with E-state index in [-0.39, 0.29) is 5.82 Å². The molecule has 2 heterocycles. The van der Waals surface area contributed by atoms with E-state index in [0.29, 0.717) is 6.54 Å². The maximum Gasteiger partial charge on any atom is 0.141 e. The smallest absolute Gasteiger partial charge is 0.141 e. The maximum absolute atomic E-state index is 13.1. The Kier molecular flexibility index (Phi) is 2.63. The first-order valence-electron chi connectivity index (χ1n) is 5.96. The summed E-state index contributed by atoms with van der Waals surface area (Å²) in [7, 11) is 0. The van der Waals surface area contributed by atoms with Crippen LogP contribution in [0.2, 0.25) is 0 Å². The summed E-state index contributed by atoms with van der Waals surface area (Å²) in [6, 6.07) is 7.46. The molecule has 1 aromatic heterocycles. The molecule has 2 aromatic rings. The lowest BCUT2D eigenvalue weighted by Gasteiger charge is -2.19. The predicted molar refractivity (Wildman–Crippen MR) is 69.8 cm³/mol. The molecule has 92 valence electrons. The fraction of sp³-hybridized carbons (Fsp3) is 0.214. The van der Waals surface area contributed by atoms with Gasteiger partial charge in [0.25, 0.3) is 0 Å². The van der Waals surface area contributed by atoms with Crippen LogP contribution in [0.15, 0.2) is 36.7 Å². The van der Waals surface area contributed by atoms with Crippen molar-refractivity contribution in [2.24, 2.45) is 0 Å². The lowest BCUT2D eigenvalue weighted by molar-refractivity contribution is 0.617. The molecule has 0 saturated heterocycles. The zero-order valence-corrected chi connectivity index (χ0v) is 9.94. The minimum atomic E-state index is -0.292. The first-order valence-corrected chi connectivity index (χ1v) is 5.96. The van der Waals surface area contributed by atoms with Gasteiger partial charge in [0, 0.05) is 36.2 Å². The van der Waals surface area contributed by atoms with Crippen molar-refractivity contribution in [2.45, 2.75) is 13.0 Å². The number of rotatable bonds is 2. The molecule has 0 aliphatic carbocycles. The van der Waals surface area contributed by atoms with E-state index in [1.165, 1.54) is 17.8 Å². The Labute approximate surface area is 105 Å². The summed E-state index contributed by atoms with van der Waals surface area (Å²) in [5.74, 6) is -0.292. The van der Waals surface area contributed by atoms with Gasteiger partial charge in [-0.05, 0) is 30.2 Å². The van der Waals surface area contributed by atoms with Gasteiger partial charge in [0.15, 0.2) is 0 Å². The summed E-state index contributed by atoms with van der Waals surface area (Å²) in [5, 5.41) is 0. The van der Waals surface area contributed by atoms with Crippen LogP contribution in [-0.2, 0) is 13.0 Å². The number of aromatic nitrogens is 1. The monoisotopic (exact) mass is 243 g/mol. The average molecular weight is 243 g/mol. The molecule has 1 aliphatic heterocycles. The first-order chi connectivity index (χ1) is 8.74. The molecule has 0 fully saturated rings. The maximum atomic E-state index is 13.1. The van der Waals surface area contributed by atoms with Crippen molar-refractivity contribution in [1.82, 2.24) is 4.98 Å². The van der Waals surface area contributed by atoms with Crippen molar-refractivity contribution in [3.8, 4) is 0 Å². The van der Waals surface area contributed by atoms with Gasteiger partial charge in [0.05, 0.1) is 6.20 Å².